The van der Waals surface area contributed by atoms with Crippen molar-refractivity contribution in [2.24, 2.45) is 0 Å². The number of unbranched alkanes of at least 4 members (excludes halogenated alkanes) is 1. The summed E-state index contributed by atoms with van der Waals surface area (Å²) in [5, 5.41) is 3.47. The van der Waals surface area contributed by atoms with Crippen LogP contribution in [0.3, 0.4) is 0 Å². The van der Waals surface area contributed by atoms with Crippen LogP contribution in [0.5, 0.6) is 5.75 Å². The molecule has 0 heterocycles. The normalized spacial score (nSPS) is 11.8. The molecule has 8 nitrogen and oxygen atoms in total. The largest absolute Gasteiger partial charge is 0.497 e. The molecule has 4 aromatic carbocycles. The summed E-state index contributed by atoms with van der Waals surface area (Å²) in [6.07, 6.45) is 1.91. The number of sulfonamides is 1. The third-order valence-corrected chi connectivity index (χ3v) is 9.34. The molecule has 4 aromatic rings. The van der Waals surface area contributed by atoms with E-state index < -0.39 is 28.5 Å². The first-order valence-corrected chi connectivity index (χ1v) is 16.6. The minimum atomic E-state index is -4.18. The number of nitrogens with zero attached hydrogens (tertiary/aromatic N) is 2. The average molecular weight is 648 g/mol. The smallest absolute Gasteiger partial charge is 0.264 e. The monoisotopic (exact) mass is 647 g/mol. The van der Waals surface area contributed by atoms with Gasteiger partial charge in [-0.15, -0.1) is 0 Å². The van der Waals surface area contributed by atoms with Gasteiger partial charge in [0.15, 0.2) is 0 Å². The third-order valence-electron chi connectivity index (χ3n) is 7.31. The Morgan fingerprint density at radius 2 is 1.51 bits per heavy atom. The molecule has 1 atom stereocenters. The van der Waals surface area contributed by atoms with Crippen LogP contribution in [0.4, 0.5) is 5.69 Å². The topological polar surface area (TPSA) is 96.0 Å². The van der Waals surface area contributed by atoms with Gasteiger partial charge in [0, 0.05) is 24.5 Å². The molecule has 0 fully saturated rings. The Balaban J connectivity index is 1.78. The number of anilines is 1. The second-order valence-corrected chi connectivity index (χ2v) is 12.8. The summed E-state index contributed by atoms with van der Waals surface area (Å²) in [6, 6.07) is 30.0. The van der Waals surface area contributed by atoms with Gasteiger partial charge in [0.2, 0.25) is 11.8 Å². The lowest BCUT2D eigenvalue weighted by Gasteiger charge is -2.34. The lowest BCUT2D eigenvalue weighted by molar-refractivity contribution is -0.140. The molecule has 0 saturated carbocycles. The van der Waals surface area contributed by atoms with E-state index in [1.165, 1.54) is 24.1 Å². The Hall–Kier alpha value is -4.34. The molecule has 0 bridgehead atoms. The molecule has 236 valence electrons. The molecular weight excluding hydrogens is 610 g/mol. The summed E-state index contributed by atoms with van der Waals surface area (Å²) < 4.78 is 34.4. The van der Waals surface area contributed by atoms with E-state index in [0.717, 1.165) is 22.7 Å². The van der Waals surface area contributed by atoms with Crippen molar-refractivity contribution >= 4 is 39.1 Å². The minimum Gasteiger partial charge on any atom is -0.497 e. The molecule has 0 radical (unpaired) electrons. The maximum Gasteiger partial charge on any atom is 0.264 e. The zero-order valence-corrected chi connectivity index (χ0v) is 27.0. The first kappa shape index (κ1) is 33.6. The Labute approximate surface area is 270 Å². The Bertz CT molecular complexity index is 1650. The van der Waals surface area contributed by atoms with Crippen LogP contribution < -0.4 is 14.4 Å². The van der Waals surface area contributed by atoms with Crippen molar-refractivity contribution in [1.29, 1.82) is 0 Å². The average Bonchev–Trinajstić information content (AvgIpc) is 3.06. The molecule has 4 rings (SSSR count). The summed E-state index contributed by atoms with van der Waals surface area (Å²) in [5.41, 5.74) is 1.85. The summed E-state index contributed by atoms with van der Waals surface area (Å²) in [5.74, 6) is -0.321. The molecule has 0 saturated heterocycles. The number of ether oxygens (including phenoxy) is 1. The molecule has 0 spiro atoms. The number of halogens is 1. The minimum absolute atomic E-state index is 0.0353. The van der Waals surface area contributed by atoms with Crippen LogP contribution in [0.1, 0.15) is 30.9 Å². The molecule has 45 heavy (non-hydrogen) atoms. The van der Waals surface area contributed by atoms with Crippen LogP contribution in [0.15, 0.2) is 114 Å². The van der Waals surface area contributed by atoms with Gasteiger partial charge in [-0.2, -0.15) is 0 Å². The van der Waals surface area contributed by atoms with Crippen LogP contribution in [-0.4, -0.2) is 51.4 Å². The van der Waals surface area contributed by atoms with Gasteiger partial charge >= 0.3 is 0 Å². The number of amides is 2. The van der Waals surface area contributed by atoms with Crippen LogP contribution in [0, 0.1) is 0 Å². The van der Waals surface area contributed by atoms with Gasteiger partial charge in [0.05, 0.1) is 17.7 Å². The molecule has 1 N–H and O–H groups in total. The Morgan fingerprint density at radius 3 is 2.13 bits per heavy atom. The van der Waals surface area contributed by atoms with E-state index in [0.29, 0.717) is 22.9 Å². The standard InChI is InChI=1S/C35H38ClN3O5S/c1-3-4-22-37-35(41)33(24-27-12-7-5-8-13-27)38(25-28-14-11-15-29(36)23-28)34(40)26-39(30-18-20-31(44-2)21-19-30)45(42,43)32-16-9-6-10-17-32/h5-21,23,33H,3-4,22,24-26H2,1-2H3,(H,37,41). The number of hydrogen-bond acceptors (Lipinski definition) is 5. The van der Waals surface area contributed by atoms with E-state index in [1.54, 1.807) is 60.7 Å². The van der Waals surface area contributed by atoms with E-state index in [9.17, 15) is 18.0 Å². The molecule has 0 aliphatic carbocycles. The molecule has 0 aliphatic rings. The summed E-state index contributed by atoms with van der Waals surface area (Å²) in [7, 11) is -2.66. The van der Waals surface area contributed by atoms with E-state index in [2.05, 4.69) is 5.32 Å². The second kappa shape index (κ2) is 16.1. The van der Waals surface area contributed by atoms with E-state index in [1.807, 2.05) is 43.3 Å². The summed E-state index contributed by atoms with van der Waals surface area (Å²) in [4.78, 5) is 29.7. The first-order chi connectivity index (χ1) is 21.7. The summed E-state index contributed by atoms with van der Waals surface area (Å²) >= 11 is 6.30. The van der Waals surface area contributed by atoms with Gasteiger partial charge < -0.3 is 15.0 Å². The van der Waals surface area contributed by atoms with Crippen molar-refractivity contribution in [2.75, 3.05) is 24.5 Å². The molecular formula is C35H38ClN3O5S. The maximum atomic E-state index is 14.5. The van der Waals surface area contributed by atoms with Crippen molar-refractivity contribution in [1.82, 2.24) is 10.2 Å². The molecule has 2 amide bonds. The van der Waals surface area contributed by atoms with Gasteiger partial charge in [-0.05, 0) is 66.1 Å². The lowest BCUT2D eigenvalue weighted by atomic mass is 10.0. The summed E-state index contributed by atoms with van der Waals surface area (Å²) in [6.45, 7) is 1.99. The number of hydrogen-bond donors (Lipinski definition) is 1. The quantitative estimate of drug-likeness (QED) is 0.157. The van der Waals surface area contributed by atoms with Crippen molar-refractivity contribution in [3.8, 4) is 5.75 Å². The fourth-order valence-corrected chi connectivity index (χ4v) is 6.54. The number of carbonyl (C=O) groups is 2. The molecule has 10 heteroatoms. The van der Waals surface area contributed by atoms with Gasteiger partial charge in [-0.25, -0.2) is 8.42 Å². The number of methoxy groups -OCH3 is 1. The number of benzene rings is 4. The highest BCUT2D eigenvalue weighted by Crippen LogP contribution is 2.27. The number of nitrogens with one attached hydrogen (secondary N) is 1. The number of carbonyl (C=O) groups excluding carboxylic acids is 2. The predicted molar refractivity (Wildman–Crippen MR) is 178 cm³/mol. The first-order valence-electron chi connectivity index (χ1n) is 14.8. The lowest BCUT2D eigenvalue weighted by Crippen LogP contribution is -2.53. The Kier molecular flexibility index (Phi) is 12.0. The third kappa shape index (κ3) is 9.09. The van der Waals surface area contributed by atoms with E-state index in [4.69, 9.17) is 16.3 Å². The van der Waals surface area contributed by atoms with Crippen LogP contribution >= 0.6 is 11.6 Å². The van der Waals surface area contributed by atoms with E-state index >= 15 is 0 Å². The molecule has 0 aliphatic heterocycles. The highest BCUT2D eigenvalue weighted by Gasteiger charge is 2.34. The van der Waals surface area contributed by atoms with Gasteiger partial charge in [0.1, 0.15) is 18.3 Å². The highest BCUT2D eigenvalue weighted by molar-refractivity contribution is 7.92. The van der Waals surface area contributed by atoms with Gasteiger partial charge in [-0.3, -0.25) is 13.9 Å². The maximum absolute atomic E-state index is 14.5. The fourth-order valence-electron chi connectivity index (χ4n) is 4.89. The fraction of sp³-hybridized carbons (Fsp3) is 0.257. The highest BCUT2D eigenvalue weighted by atomic mass is 35.5. The second-order valence-electron chi connectivity index (χ2n) is 10.5. The van der Waals surface area contributed by atoms with Gasteiger partial charge in [-0.1, -0.05) is 85.6 Å². The van der Waals surface area contributed by atoms with Crippen molar-refractivity contribution in [3.63, 3.8) is 0 Å². The van der Waals surface area contributed by atoms with Crippen LogP contribution in [0.25, 0.3) is 0 Å². The predicted octanol–water partition coefficient (Wildman–Crippen LogP) is 6.10. The Morgan fingerprint density at radius 1 is 0.867 bits per heavy atom. The van der Waals surface area contributed by atoms with E-state index in [-0.39, 0.29) is 29.5 Å². The van der Waals surface area contributed by atoms with Crippen molar-refractivity contribution in [2.45, 2.75) is 43.7 Å². The zero-order valence-electron chi connectivity index (χ0n) is 25.4. The SMILES string of the molecule is CCCCNC(=O)C(Cc1ccccc1)N(Cc1cccc(Cl)c1)C(=O)CN(c1ccc(OC)cc1)S(=O)(=O)c1ccccc1. The molecule has 1 unspecified atom stereocenters. The van der Waals surface area contributed by atoms with Crippen LogP contribution in [0.2, 0.25) is 5.02 Å². The van der Waals surface area contributed by atoms with Crippen molar-refractivity contribution < 1.29 is 22.7 Å². The van der Waals surface area contributed by atoms with Gasteiger partial charge in [0.25, 0.3) is 10.0 Å². The number of rotatable bonds is 15. The zero-order chi connectivity index (χ0) is 32.2. The van der Waals surface area contributed by atoms with Crippen LogP contribution in [-0.2, 0) is 32.6 Å². The molecule has 0 aromatic heterocycles. The van der Waals surface area contributed by atoms with Crippen molar-refractivity contribution in [3.05, 3.63) is 125 Å².